The fourth-order valence-electron chi connectivity index (χ4n) is 3.74. The first kappa shape index (κ1) is 25.6. The Labute approximate surface area is 229 Å². The molecular weight excluding hydrogens is 524 g/mol. The van der Waals surface area contributed by atoms with Crippen LogP contribution in [0.5, 0.6) is 17.2 Å². The van der Waals surface area contributed by atoms with Crippen molar-refractivity contribution in [3.05, 3.63) is 94.0 Å². The predicted octanol–water partition coefficient (Wildman–Crippen LogP) is 5.78. The summed E-state index contributed by atoms with van der Waals surface area (Å²) in [4.78, 5) is 17.0. The summed E-state index contributed by atoms with van der Waals surface area (Å²) in [5, 5.41) is 15.9. The Bertz CT molecular complexity index is 1500. The lowest BCUT2D eigenvalue weighted by atomic mass is 10.1. The Balaban J connectivity index is 1.29. The van der Waals surface area contributed by atoms with Crippen molar-refractivity contribution < 1.29 is 19.0 Å². The number of aliphatic imine (C=N–C) groups is 1. The van der Waals surface area contributed by atoms with Crippen LogP contribution in [0.2, 0.25) is 5.02 Å². The summed E-state index contributed by atoms with van der Waals surface area (Å²) in [6.45, 7) is 2.71. The Kier molecular flexibility index (Phi) is 7.48. The fraction of sp³-hybridized carbons (Fsp3) is 0.143. The lowest BCUT2D eigenvalue weighted by Gasteiger charge is -2.20. The molecule has 3 aromatic carbocycles. The molecule has 0 radical (unpaired) electrons. The summed E-state index contributed by atoms with van der Waals surface area (Å²) in [7, 11) is 1.54. The topological polar surface area (TPSA) is 96.6 Å². The van der Waals surface area contributed by atoms with E-state index in [-0.39, 0.29) is 11.4 Å². The number of amides is 1. The second kappa shape index (κ2) is 11.1. The van der Waals surface area contributed by atoms with Crippen LogP contribution < -0.4 is 14.2 Å². The Morgan fingerprint density at radius 2 is 1.79 bits per heavy atom. The molecule has 1 N–H and O–H groups in total. The van der Waals surface area contributed by atoms with Gasteiger partial charge in [-0.05, 0) is 60.7 Å². The first-order chi connectivity index (χ1) is 18.4. The maximum atomic E-state index is 12.8. The molecule has 0 spiro atoms. The van der Waals surface area contributed by atoms with Crippen molar-refractivity contribution in [3.63, 3.8) is 0 Å². The highest BCUT2D eigenvalue weighted by Crippen LogP contribution is 2.34. The number of hydrazone groups is 1. The summed E-state index contributed by atoms with van der Waals surface area (Å²) in [5.74, 6) is 1.22. The molecule has 0 bridgehead atoms. The molecule has 2 aliphatic heterocycles. The van der Waals surface area contributed by atoms with Crippen LogP contribution >= 0.6 is 23.4 Å². The number of carbonyl (C=O) groups is 1. The lowest BCUT2D eigenvalue weighted by Crippen LogP contribution is -2.35. The largest absolute Gasteiger partial charge is 0.493 e. The highest BCUT2D eigenvalue weighted by molar-refractivity contribution is 8.27. The van der Waals surface area contributed by atoms with Crippen molar-refractivity contribution in [3.8, 4) is 17.2 Å². The van der Waals surface area contributed by atoms with E-state index in [0.717, 1.165) is 5.75 Å². The number of rotatable bonds is 8. The van der Waals surface area contributed by atoms with Crippen molar-refractivity contribution in [2.75, 3.05) is 20.3 Å². The van der Waals surface area contributed by atoms with Gasteiger partial charge in [0, 0.05) is 5.56 Å². The summed E-state index contributed by atoms with van der Waals surface area (Å²) in [6, 6.07) is 20.3. The third kappa shape index (κ3) is 5.44. The van der Waals surface area contributed by atoms with Crippen LogP contribution in [0.25, 0.3) is 6.08 Å². The Hall–Kier alpha value is -4.08. The van der Waals surface area contributed by atoms with Crippen molar-refractivity contribution in [2.45, 2.75) is 6.92 Å². The zero-order valence-corrected chi connectivity index (χ0v) is 22.2. The highest BCUT2D eigenvalue weighted by atomic mass is 35.5. The number of nitrogens with one attached hydrogen (secondary N) is 1. The number of carbonyl (C=O) groups excluding carboxylic acids is 1. The molecule has 192 valence electrons. The number of hydrogen-bond donors (Lipinski definition) is 1. The average molecular weight is 547 g/mol. The number of benzene rings is 3. The minimum Gasteiger partial charge on any atom is -0.493 e. The van der Waals surface area contributed by atoms with E-state index in [4.69, 9.17) is 31.2 Å². The van der Waals surface area contributed by atoms with Gasteiger partial charge in [-0.2, -0.15) is 15.1 Å². The van der Waals surface area contributed by atoms with Gasteiger partial charge in [-0.3, -0.25) is 10.2 Å². The molecule has 38 heavy (non-hydrogen) atoms. The second-order valence-corrected chi connectivity index (χ2v) is 9.69. The van der Waals surface area contributed by atoms with Gasteiger partial charge in [0.1, 0.15) is 24.0 Å². The van der Waals surface area contributed by atoms with Gasteiger partial charge < -0.3 is 14.2 Å². The van der Waals surface area contributed by atoms with Crippen LogP contribution in [0, 0.1) is 12.3 Å². The van der Waals surface area contributed by atoms with Crippen molar-refractivity contribution in [1.29, 1.82) is 5.41 Å². The van der Waals surface area contributed by atoms with E-state index in [9.17, 15) is 4.79 Å². The Morgan fingerprint density at radius 1 is 1.03 bits per heavy atom. The van der Waals surface area contributed by atoms with Crippen LogP contribution in [0.3, 0.4) is 0 Å². The molecule has 3 aromatic rings. The van der Waals surface area contributed by atoms with E-state index in [1.54, 1.807) is 37.5 Å². The number of hydrogen-bond acceptors (Lipinski definition) is 7. The monoisotopic (exact) mass is 546 g/mol. The van der Waals surface area contributed by atoms with Gasteiger partial charge in [0.25, 0.3) is 5.91 Å². The minimum atomic E-state index is -0.517. The average Bonchev–Trinajstić information content (AvgIpc) is 3.34. The smallest absolute Gasteiger partial charge is 0.283 e. The van der Waals surface area contributed by atoms with E-state index in [1.807, 2.05) is 49.4 Å². The van der Waals surface area contributed by atoms with Crippen LogP contribution in [0.1, 0.15) is 16.7 Å². The molecule has 2 aliphatic rings. The minimum absolute atomic E-state index is 0.0675. The first-order valence-corrected chi connectivity index (χ1v) is 12.9. The number of halogens is 1. The van der Waals surface area contributed by atoms with Gasteiger partial charge in [-0.25, -0.2) is 0 Å². The number of methoxy groups -OCH3 is 1. The van der Waals surface area contributed by atoms with Crippen molar-refractivity contribution >= 4 is 51.4 Å². The van der Waals surface area contributed by atoms with Gasteiger partial charge in [0.2, 0.25) is 5.17 Å². The highest BCUT2D eigenvalue weighted by Gasteiger charge is 2.36. The summed E-state index contributed by atoms with van der Waals surface area (Å²) in [6.07, 6.45) is 1.59. The van der Waals surface area contributed by atoms with Gasteiger partial charge in [-0.1, -0.05) is 53.6 Å². The summed E-state index contributed by atoms with van der Waals surface area (Å²) < 4.78 is 17.0. The SMILES string of the molecule is COc1cc(/C=C2/C(=N)N3N=C(c4ccccc4Cl)SC3=NC2=O)ccc1OCCOc1ccc(C)cc1. The summed E-state index contributed by atoms with van der Waals surface area (Å²) in [5.41, 5.74) is 2.64. The molecule has 8 nitrogen and oxygen atoms in total. The van der Waals surface area contributed by atoms with Crippen LogP contribution in [0.15, 0.2) is 82.4 Å². The zero-order chi connectivity index (χ0) is 26.6. The maximum absolute atomic E-state index is 12.8. The quantitative estimate of drug-likeness (QED) is 0.284. The van der Waals surface area contributed by atoms with E-state index >= 15 is 0 Å². The van der Waals surface area contributed by atoms with Gasteiger partial charge in [-0.15, -0.1) is 0 Å². The molecule has 0 fully saturated rings. The van der Waals surface area contributed by atoms with Gasteiger partial charge >= 0.3 is 0 Å². The molecule has 2 heterocycles. The van der Waals surface area contributed by atoms with Crippen LogP contribution in [-0.2, 0) is 4.79 Å². The molecule has 1 amide bonds. The molecule has 0 aliphatic carbocycles. The molecule has 0 unspecified atom stereocenters. The number of ether oxygens (including phenoxy) is 3. The summed E-state index contributed by atoms with van der Waals surface area (Å²) >= 11 is 7.50. The number of nitrogens with zero attached hydrogens (tertiary/aromatic N) is 3. The third-order valence-corrected chi connectivity index (χ3v) is 6.96. The number of thioether (sulfide) groups is 1. The zero-order valence-electron chi connectivity index (χ0n) is 20.6. The predicted molar refractivity (Wildman–Crippen MR) is 151 cm³/mol. The van der Waals surface area contributed by atoms with E-state index in [2.05, 4.69) is 10.1 Å². The Morgan fingerprint density at radius 3 is 2.55 bits per heavy atom. The number of fused-ring (bicyclic) bond motifs is 1. The normalized spacial score (nSPS) is 15.8. The first-order valence-electron chi connectivity index (χ1n) is 11.7. The molecule has 5 rings (SSSR count). The number of aryl methyl sites for hydroxylation is 1. The van der Waals surface area contributed by atoms with E-state index in [0.29, 0.717) is 51.1 Å². The third-order valence-electron chi connectivity index (χ3n) is 5.69. The standard InChI is InChI=1S/C28H23ClN4O4S/c1-17-7-10-19(11-8-17)36-13-14-37-23-12-9-18(16-24(23)35-2)15-21-25(30)33-28(31-26(21)34)38-27(32-33)20-5-3-4-6-22(20)29/h3-12,15-16,30H,13-14H2,1-2H3/b21-15-,30-25?. The molecule has 0 atom stereocenters. The molecule has 0 aromatic heterocycles. The van der Waals surface area contributed by atoms with E-state index < -0.39 is 5.91 Å². The fourth-order valence-corrected chi connectivity index (χ4v) is 4.95. The maximum Gasteiger partial charge on any atom is 0.283 e. The van der Waals surface area contributed by atoms with Crippen molar-refractivity contribution in [2.24, 2.45) is 10.1 Å². The van der Waals surface area contributed by atoms with Crippen LogP contribution in [0.4, 0.5) is 0 Å². The van der Waals surface area contributed by atoms with Gasteiger partial charge in [0.05, 0.1) is 17.7 Å². The molecule has 10 heteroatoms. The molecule has 0 saturated carbocycles. The molecule has 0 saturated heterocycles. The van der Waals surface area contributed by atoms with E-state index in [1.165, 1.54) is 22.3 Å². The second-order valence-electron chi connectivity index (χ2n) is 8.33. The number of amidine groups is 2. The van der Waals surface area contributed by atoms with Gasteiger partial charge in [0.15, 0.2) is 17.3 Å². The van der Waals surface area contributed by atoms with Crippen molar-refractivity contribution in [1.82, 2.24) is 5.01 Å². The van der Waals surface area contributed by atoms with Crippen LogP contribution in [-0.4, -0.2) is 47.3 Å². The lowest BCUT2D eigenvalue weighted by molar-refractivity contribution is -0.114. The molecular formula is C28H23ClN4O4S.